The molecule has 0 aliphatic heterocycles. The number of aromatic nitrogens is 3. The summed E-state index contributed by atoms with van der Waals surface area (Å²) in [5, 5.41) is 0. The Balaban J connectivity index is 2.09. The first-order valence-electron chi connectivity index (χ1n) is 5.18. The van der Waals surface area contributed by atoms with Crippen molar-refractivity contribution in [3.8, 4) is 11.8 Å². The van der Waals surface area contributed by atoms with E-state index in [1.54, 1.807) is 6.20 Å². The zero-order chi connectivity index (χ0) is 12.4. The topological polar surface area (TPSA) is 38.7 Å². The average Bonchev–Trinajstić information content (AvgIpc) is 2.90. The van der Waals surface area contributed by atoms with E-state index in [1.807, 2.05) is 30.3 Å². The van der Waals surface area contributed by atoms with Crippen LogP contribution >= 0.6 is 27.7 Å². The predicted molar refractivity (Wildman–Crippen MR) is 75.3 cm³/mol. The van der Waals surface area contributed by atoms with Gasteiger partial charge in [0.2, 0.25) is 0 Å². The maximum absolute atomic E-state index is 4.27. The summed E-state index contributed by atoms with van der Waals surface area (Å²) >= 11 is 4.64. The number of fused-ring (bicyclic) bond motifs is 1. The van der Waals surface area contributed by atoms with Gasteiger partial charge in [0.25, 0.3) is 0 Å². The van der Waals surface area contributed by atoms with Gasteiger partial charge in [-0.15, -0.1) is 0 Å². The highest BCUT2D eigenvalue weighted by atomic mass is 79.9. The molecule has 0 radical (unpaired) electrons. The minimum atomic E-state index is 0.747. The van der Waals surface area contributed by atoms with E-state index in [0.717, 1.165) is 26.8 Å². The summed E-state index contributed by atoms with van der Waals surface area (Å²) in [7, 11) is 0. The molecule has 0 bridgehead atoms. The van der Waals surface area contributed by atoms with Crippen LogP contribution in [0.15, 0.2) is 41.0 Å². The predicted octanol–water partition coefficient (Wildman–Crippen LogP) is 3.25. The molecule has 0 saturated heterocycles. The number of rotatable bonds is 0. The Morgan fingerprint density at radius 1 is 1.00 bits per heavy atom. The van der Waals surface area contributed by atoms with Crippen molar-refractivity contribution in [2.45, 2.75) is 0 Å². The summed E-state index contributed by atoms with van der Waals surface area (Å²) in [5.41, 5.74) is 3.30. The van der Waals surface area contributed by atoms with Gasteiger partial charge < -0.3 is 0 Å². The van der Waals surface area contributed by atoms with E-state index in [2.05, 4.69) is 41.5 Å². The van der Waals surface area contributed by atoms with E-state index in [9.17, 15) is 0 Å². The Bertz CT molecular complexity index is 756. The van der Waals surface area contributed by atoms with Gasteiger partial charge in [0, 0.05) is 10.7 Å². The summed E-state index contributed by atoms with van der Waals surface area (Å²) in [6.07, 6.45) is 1.73. The average molecular weight is 316 g/mol. The molecule has 0 unspecified atom stereocenters. The minimum absolute atomic E-state index is 0.747. The third kappa shape index (κ3) is 2.13. The molecule has 0 amide bonds. The second-order valence-corrected chi connectivity index (χ2v) is 4.90. The highest BCUT2D eigenvalue weighted by Crippen LogP contribution is 2.24. The summed E-state index contributed by atoms with van der Waals surface area (Å²) < 4.78 is 9.44. The van der Waals surface area contributed by atoms with Gasteiger partial charge in [-0.3, -0.25) is 0 Å². The Kier molecular flexibility index (Phi) is 3.05. The second kappa shape index (κ2) is 4.84. The highest BCUT2D eigenvalue weighted by Gasteiger charge is 2.06. The van der Waals surface area contributed by atoms with Gasteiger partial charge in [0.05, 0.1) is 17.3 Å². The van der Waals surface area contributed by atoms with Gasteiger partial charge >= 0.3 is 0 Å². The van der Waals surface area contributed by atoms with Crippen LogP contribution in [0.25, 0.3) is 11.0 Å². The van der Waals surface area contributed by atoms with E-state index < -0.39 is 0 Å². The molecule has 3 rings (SSSR count). The molecule has 3 aromatic rings. The third-order valence-electron chi connectivity index (χ3n) is 2.36. The first-order valence-corrected chi connectivity index (χ1v) is 6.71. The van der Waals surface area contributed by atoms with Crippen LogP contribution in [-0.2, 0) is 0 Å². The SMILES string of the molecule is Brc1ccc(C#Cc2ccccn2)c2nsnc12. The maximum Gasteiger partial charge on any atom is 0.121 e. The lowest BCUT2D eigenvalue weighted by molar-refractivity contribution is 1.29. The number of nitrogens with zero attached hydrogens (tertiary/aromatic N) is 3. The normalized spacial score (nSPS) is 10.1. The smallest absolute Gasteiger partial charge is 0.121 e. The van der Waals surface area contributed by atoms with E-state index >= 15 is 0 Å². The minimum Gasteiger partial charge on any atom is -0.248 e. The fraction of sp³-hybridized carbons (Fsp3) is 0. The van der Waals surface area contributed by atoms with Gasteiger partial charge in [-0.2, -0.15) is 8.75 Å². The van der Waals surface area contributed by atoms with E-state index in [4.69, 9.17) is 0 Å². The van der Waals surface area contributed by atoms with Crippen molar-refractivity contribution in [3.05, 3.63) is 52.3 Å². The Morgan fingerprint density at radius 2 is 1.89 bits per heavy atom. The first-order chi connectivity index (χ1) is 8.84. The molecular weight excluding hydrogens is 310 g/mol. The molecule has 0 N–H and O–H groups in total. The Hall–Kier alpha value is -1.77. The van der Waals surface area contributed by atoms with Crippen LogP contribution in [0.5, 0.6) is 0 Å². The molecule has 0 spiro atoms. The molecule has 18 heavy (non-hydrogen) atoms. The van der Waals surface area contributed by atoms with Crippen molar-refractivity contribution >= 4 is 38.7 Å². The fourth-order valence-electron chi connectivity index (χ4n) is 1.51. The van der Waals surface area contributed by atoms with Crippen LogP contribution in [0.1, 0.15) is 11.3 Å². The van der Waals surface area contributed by atoms with Gasteiger partial charge in [-0.25, -0.2) is 4.98 Å². The van der Waals surface area contributed by atoms with E-state index in [0.29, 0.717) is 0 Å². The standard InChI is InChI=1S/C13H6BrN3S/c14-11-7-5-9(12-13(11)17-18-16-12)4-6-10-3-1-2-8-15-10/h1-3,5,7-8H. The molecule has 0 aliphatic rings. The third-order valence-corrected chi connectivity index (χ3v) is 3.52. The molecule has 0 saturated carbocycles. The maximum atomic E-state index is 4.27. The molecule has 0 aliphatic carbocycles. The lowest BCUT2D eigenvalue weighted by Crippen LogP contribution is -1.82. The molecular formula is C13H6BrN3S. The molecule has 2 heterocycles. The lowest BCUT2D eigenvalue weighted by Gasteiger charge is -1.94. The zero-order valence-corrected chi connectivity index (χ0v) is 11.5. The molecule has 0 atom stereocenters. The fourth-order valence-corrected chi connectivity index (χ4v) is 2.61. The quantitative estimate of drug-likeness (QED) is 0.598. The van der Waals surface area contributed by atoms with Gasteiger partial charge in [-0.1, -0.05) is 12.0 Å². The summed E-state index contributed by atoms with van der Waals surface area (Å²) in [6, 6.07) is 9.53. The van der Waals surface area contributed by atoms with Crippen molar-refractivity contribution in [3.63, 3.8) is 0 Å². The first kappa shape index (κ1) is 11.3. The monoisotopic (exact) mass is 315 g/mol. The van der Waals surface area contributed by atoms with E-state index in [1.165, 1.54) is 11.7 Å². The van der Waals surface area contributed by atoms with Crippen molar-refractivity contribution < 1.29 is 0 Å². The Labute approximate surface area is 116 Å². The Morgan fingerprint density at radius 3 is 2.72 bits per heavy atom. The number of hydrogen-bond donors (Lipinski definition) is 0. The molecule has 0 fully saturated rings. The van der Waals surface area contributed by atoms with Crippen molar-refractivity contribution in [1.82, 2.24) is 13.7 Å². The number of halogens is 1. The lowest BCUT2D eigenvalue weighted by atomic mass is 10.2. The number of pyridine rings is 1. The van der Waals surface area contributed by atoms with Crippen LogP contribution in [-0.4, -0.2) is 13.7 Å². The van der Waals surface area contributed by atoms with Gasteiger partial charge in [0.1, 0.15) is 16.7 Å². The zero-order valence-electron chi connectivity index (χ0n) is 9.09. The second-order valence-electron chi connectivity index (χ2n) is 3.52. The number of hydrogen-bond acceptors (Lipinski definition) is 4. The largest absolute Gasteiger partial charge is 0.248 e. The van der Waals surface area contributed by atoms with Crippen LogP contribution in [0.2, 0.25) is 0 Å². The van der Waals surface area contributed by atoms with Crippen LogP contribution in [0.4, 0.5) is 0 Å². The van der Waals surface area contributed by atoms with Crippen LogP contribution in [0.3, 0.4) is 0 Å². The molecule has 1 aromatic carbocycles. The highest BCUT2D eigenvalue weighted by molar-refractivity contribution is 9.10. The van der Waals surface area contributed by atoms with E-state index in [-0.39, 0.29) is 0 Å². The van der Waals surface area contributed by atoms with Gasteiger partial charge in [-0.05, 0) is 46.1 Å². The summed E-state index contributed by atoms with van der Waals surface area (Å²) in [5.74, 6) is 6.11. The van der Waals surface area contributed by atoms with Gasteiger partial charge in [0.15, 0.2) is 0 Å². The van der Waals surface area contributed by atoms with Crippen molar-refractivity contribution in [2.75, 3.05) is 0 Å². The van der Waals surface area contributed by atoms with Crippen molar-refractivity contribution in [1.29, 1.82) is 0 Å². The molecule has 3 nitrogen and oxygen atoms in total. The van der Waals surface area contributed by atoms with Crippen LogP contribution < -0.4 is 0 Å². The summed E-state index contributed by atoms with van der Waals surface area (Å²) in [4.78, 5) is 4.16. The number of benzene rings is 1. The van der Waals surface area contributed by atoms with Crippen molar-refractivity contribution in [2.24, 2.45) is 0 Å². The summed E-state index contributed by atoms with van der Waals surface area (Å²) in [6.45, 7) is 0. The van der Waals surface area contributed by atoms with Crippen LogP contribution in [0, 0.1) is 11.8 Å². The molecule has 86 valence electrons. The molecule has 5 heteroatoms. The molecule has 2 aromatic heterocycles.